The van der Waals surface area contributed by atoms with Gasteiger partial charge in [0, 0.05) is 6.42 Å². The summed E-state index contributed by atoms with van der Waals surface area (Å²) in [6, 6.07) is -1.05. The summed E-state index contributed by atoms with van der Waals surface area (Å²) < 4.78 is 34.1. The number of amides is 1. The number of nitrogens with one attached hydrogen (secondary N) is 1. The lowest BCUT2D eigenvalue weighted by Crippen LogP contribution is -2.66. The fourth-order valence-electron chi connectivity index (χ4n) is 9.21. The van der Waals surface area contributed by atoms with E-state index in [1.54, 1.807) is 12.2 Å². The Morgan fingerprint density at radius 1 is 0.474 bits per heavy atom. The Hall–Kier alpha value is -3.03. The van der Waals surface area contributed by atoms with Crippen molar-refractivity contribution in [3.63, 3.8) is 0 Å². The third-order valence-corrected chi connectivity index (χ3v) is 14.0. The maximum Gasteiger partial charge on any atom is 0.224 e. The Morgan fingerprint density at radius 2 is 0.897 bits per heavy atom. The molecule has 17 unspecified atom stereocenters. The average Bonchev–Trinajstić information content (AvgIpc) is 3.47. The molecular formula is C59H99NO18. The van der Waals surface area contributed by atoms with Gasteiger partial charge in [-0.15, -0.1) is 0 Å². The first-order valence-electron chi connectivity index (χ1n) is 28.8. The number of hydrogen-bond acceptors (Lipinski definition) is 18. The van der Waals surface area contributed by atoms with Crippen molar-refractivity contribution in [2.75, 3.05) is 26.4 Å². The fraction of sp³-hybridized carbons (Fsp3) is 0.746. The molecule has 0 aromatic heterocycles. The largest absolute Gasteiger partial charge is 0.394 e. The number of carbonyl (C=O) groups is 1. The molecule has 3 aliphatic heterocycles. The molecule has 0 radical (unpaired) electrons. The zero-order chi connectivity index (χ0) is 56.9. The zero-order valence-electron chi connectivity index (χ0n) is 46.4. The van der Waals surface area contributed by atoms with Gasteiger partial charge in [0.1, 0.15) is 73.2 Å². The van der Waals surface area contributed by atoms with Gasteiger partial charge in [0.05, 0.1) is 38.6 Å². The summed E-state index contributed by atoms with van der Waals surface area (Å²) in [7, 11) is 0. The van der Waals surface area contributed by atoms with Crippen LogP contribution in [-0.2, 0) is 33.2 Å². The number of aliphatic hydroxyl groups is 11. The molecule has 1 amide bonds. The molecule has 78 heavy (non-hydrogen) atoms. The highest BCUT2D eigenvalue weighted by molar-refractivity contribution is 5.77. The molecule has 0 saturated carbocycles. The van der Waals surface area contributed by atoms with Crippen LogP contribution >= 0.6 is 0 Å². The van der Waals surface area contributed by atoms with E-state index < -0.39 is 137 Å². The number of carbonyl (C=O) groups excluding carboxylic acids is 1. The van der Waals surface area contributed by atoms with E-state index in [0.717, 1.165) is 44.9 Å². The Balaban J connectivity index is 1.56. The molecule has 19 heteroatoms. The quantitative estimate of drug-likeness (QED) is 0.0299. The monoisotopic (exact) mass is 1110 g/mol. The van der Waals surface area contributed by atoms with Gasteiger partial charge in [-0.1, -0.05) is 170 Å². The second-order valence-corrected chi connectivity index (χ2v) is 20.4. The number of ether oxygens (including phenoxy) is 6. The Labute approximate surface area is 463 Å². The molecule has 0 aliphatic carbocycles. The summed E-state index contributed by atoms with van der Waals surface area (Å²) in [5, 5.41) is 120. The van der Waals surface area contributed by atoms with Crippen LogP contribution in [0.5, 0.6) is 0 Å². The van der Waals surface area contributed by atoms with E-state index in [4.69, 9.17) is 28.4 Å². The predicted molar refractivity (Wildman–Crippen MR) is 295 cm³/mol. The normalized spacial score (nSPS) is 31.1. The SMILES string of the molecule is CC/C=C\C/C=C\C/C=C\C/C=C\C/C=C\CC(=O)NC(COC1OC(CO)C(OC2OC(CO)C(OC3OC(CO)C(O)C(O)C3O)C(O)C2O)C(O)C1O)C(O)/C=C/CC/C=C/CCCCCCCCCCCCCC. The van der Waals surface area contributed by atoms with Crippen LogP contribution in [0.25, 0.3) is 0 Å². The maximum atomic E-state index is 13.2. The van der Waals surface area contributed by atoms with E-state index in [-0.39, 0.29) is 6.42 Å². The van der Waals surface area contributed by atoms with Crippen LogP contribution in [0.2, 0.25) is 0 Å². The molecule has 0 aromatic rings. The molecule has 17 atom stereocenters. The van der Waals surface area contributed by atoms with Crippen molar-refractivity contribution in [3.05, 3.63) is 85.1 Å². The fourth-order valence-corrected chi connectivity index (χ4v) is 9.21. The first kappa shape index (κ1) is 69.2. The first-order valence-corrected chi connectivity index (χ1v) is 28.8. The first-order chi connectivity index (χ1) is 37.8. The van der Waals surface area contributed by atoms with Gasteiger partial charge >= 0.3 is 0 Å². The molecule has 448 valence electrons. The van der Waals surface area contributed by atoms with Crippen LogP contribution in [-0.4, -0.2) is 193 Å². The number of rotatable bonds is 40. The van der Waals surface area contributed by atoms with Crippen molar-refractivity contribution in [1.29, 1.82) is 0 Å². The molecule has 0 aromatic carbocycles. The minimum atomic E-state index is -1.99. The summed E-state index contributed by atoms with van der Waals surface area (Å²) >= 11 is 0. The van der Waals surface area contributed by atoms with E-state index >= 15 is 0 Å². The maximum absolute atomic E-state index is 13.2. The Bertz CT molecular complexity index is 1750. The van der Waals surface area contributed by atoms with Gasteiger partial charge in [0.15, 0.2) is 18.9 Å². The molecule has 3 rings (SSSR count). The number of aliphatic hydroxyl groups excluding tert-OH is 11. The highest BCUT2D eigenvalue weighted by Gasteiger charge is 2.53. The van der Waals surface area contributed by atoms with Gasteiger partial charge in [-0.2, -0.15) is 0 Å². The highest BCUT2D eigenvalue weighted by atomic mass is 16.8. The Morgan fingerprint density at radius 3 is 1.41 bits per heavy atom. The van der Waals surface area contributed by atoms with Gasteiger partial charge in [-0.3, -0.25) is 4.79 Å². The van der Waals surface area contributed by atoms with Gasteiger partial charge in [-0.05, 0) is 57.8 Å². The van der Waals surface area contributed by atoms with Crippen LogP contribution in [0.15, 0.2) is 85.1 Å². The van der Waals surface area contributed by atoms with Gasteiger partial charge in [0.2, 0.25) is 5.91 Å². The van der Waals surface area contributed by atoms with Crippen LogP contribution < -0.4 is 5.32 Å². The number of hydrogen-bond donors (Lipinski definition) is 12. The van der Waals surface area contributed by atoms with E-state index in [1.165, 1.54) is 70.6 Å². The molecular weight excluding hydrogens is 1010 g/mol. The van der Waals surface area contributed by atoms with E-state index in [9.17, 15) is 61.0 Å². The van der Waals surface area contributed by atoms with Crippen LogP contribution in [0.3, 0.4) is 0 Å². The van der Waals surface area contributed by atoms with Gasteiger partial charge in [-0.25, -0.2) is 0 Å². The van der Waals surface area contributed by atoms with E-state index in [2.05, 4.69) is 67.8 Å². The third kappa shape index (κ3) is 25.8. The van der Waals surface area contributed by atoms with Crippen molar-refractivity contribution < 1.29 is 89.4 Å². The molecule has 3 heterocycles. The molecule has 0 bridgehead atoms. The van der Waals surface area contributed by atoms with Crippen molar-refractivity contribution in [2.24, 2.45) is 0 Å². The third-order valence-electron chi connectivity index (χ3n) is 14.0. The molecule has 3 aliphatic rings. The predicted octanol–water partition coefficient (Wildman–Crippen LogP) is 4.42. The number of unbranched alkanes of at least 4 members (excludes halogenated alkanes) is 13. The zero-order valence-corrected chi connectivity index (χ0v) is 46.4. The summed E-state index contributed by atoms with van der Waals surface area (Å²) in [5.74, 6) is -0.416. The van der Waals surface area contributed by atoms with Crippen molar-refractivity contribution in [3.8, 4) is 0 Å². The van der Waals surface area contributed by atoms with Crippen molar-refractivity contribution in [1.82, 2.24) is 5.32 Å². The molecule has 19 nitrogen and oxygen atoms in total. The standard InChI is InChI=1S/C59H99NO18/c1-3-5-7-9-11-13-15-17-19-20-21-23-24-26-28-30-32-34-36-43(64)42(60-47(65)37-35-33-31-29-27-25-22-18-16-14-12-10-8-6-4-2)41-73-57-53(71)50(68)55(45(39-62)75-57)78-59-54(72)51(69)56(46(40-63)76-59)77-58-52(70)49(67)48(66)44(38-61)74-58/h6,8,12,14,18,22,26-29,33-36,42-46,48-59,61-64,66-72H,3-5,7,9-11,13,15-17,19-21,23-25,30-32,37-41H2,1-2H3,(H,60,65)/b8-6-,14-12-,22-18-,28-26+,29-27-,35-33-,36-34+. The minimum Gasteiger partial charge on any atom is -0.394 e. The molecule has 3 saturated heterocycles. The second kappa shape index (κ2) is 41.9. The van der Waals surface area contributed by atoms with Gasteiger partial charge in [0.25, 0.3) is 0 Å². The second-order valence-electron chi connectivity index (χ2n) is 20.4. The average molecular weight is 1110 g/mol. The topological polar surface area (TPSA) is 307 Å². The summed E-state index contributed by atoms with van der Waals surface area (Å²) in [5.41, 5.74) is 0. The summed E-state index contributed by atoms with van der Waals surface area (Å²) in [6.07, 6.45) is 23.2. The minimum absolute atomic E-state index is 0.00113. The van der Waals surface area contributed by atoms with Gasteiger partial charge < -0.3 is 89.9 Å². The lowest BCUT2D eigenvalue weighted by Gasteiger charge is -2.48. The molecule has 0 spiro atoms. The van der Waals surface area contributed by atoms with E-state index in [1.807, 2.05) is 24.3 Å². The van der Waals surface area contributed by atoms with Crippen molar-refractivity contribution >= 4 is 5.91 Å². The van der Waals surface area contributed by atoms with Crippen LogP contribution in [0.4, 0.5) is 0 Å². The van der Waals surface area contributed by atoms with Crippen molar-refractivity contribution in [2.45, 2.75) is 253 Å². The molecule has 3 fully saturated rings. The van der Waals surface area contributed by atoms with Crippen LogP contribution in [0.1, 0.15) is 149 Å². The molecule has 12 N–H and O–H groups in total. The van der Waals surface area contributed by atoms with E-state index in [0.29, 0.717) is 12.8 Å². The number of allylic oxidation sites excluding steroid dienone is 12. The Kier molecular flexibility index (Phi) is 37.2. The smallest absolute Gasteiger partial charge is 0.224 e. The lowest BCUT2D eigenvalue weighted by atomic mass is 9.96. The summed E-state index contributed by atoms with van der Waals surface area (Å²) in [6.45, 7) is 1.49. The lowest BCUT2D eigenvalue weighted by molar-refractivity contribution is -0.379. The summed E-state index contributed by atoms with van der Waals surface area (Å²) in [4.78, 5) is 13.2. The van der Waals surface area contributed by atoms with Crippen LogP contribution in [0, 0.1) is 0 Å². The highest BCUT2D eigenvalue weighted by Crippen LogP contribution is 2.33.